The first-order valence-electron chi connectivity index (χ1n) is 10.5. The van der Waals surface area contributed by atoms with Crippen LogP contribution in [0.4, 0.5) is 5.82 Å². The summed E-state index contributed by atoms with van der Waals surface area (Å²) in [6.45, 7) is 9.39. The van der Waals surface area contributed by atoms with Gasteiger partial charge in [-0.1, -0.05) is 53.7 Å². The Morgan fingerprint density at radius 2 is 1.85 bits per heavy atom. The van der Waals surface area contributed by atoms with Crippen LogP contribution in [-0.2, 0) is 12.2 Å². The molecule has 1 aromatic carbocycles. The summed E-state index contributed by atoms with van der Waals surface area (Å²) in [6, 6.07) is 15.0. The third kappa shape index (κ3) is 7.73. The maximum Gasteiger partial charge on any atom is 0.251 e. The molecule has 1 N–H and O–H groups in total. The van der Waals surface area contributed by atoms with Crippen LogP contribution in [0, 0.1) is 0 Å². The van der Waals surface area contributed by atoms with Crippen LogP contribution in [0.1, 0.15) is 21.6 Å². The third-order valence-electron chi connectivity index (χ3n) is 4.66. The van der Waals surface area contributed by atoms with E-state index in [9.17, 15) is 4.79 Å². The number of nitrogens with one attached hydrogen (secondary N) is 1. The van der Waals surface area contributed by atoms with E-state index in [0.717, 1.165) is 17.1 Å². The molecule has 1 amide bonds. The summed E-state index contributed by atoms with van der Waals surface area (Å²) in [4.78, 5) is 27.6. The van der Waals surface area contributed by atoms with Gasteiger partial charge in [0.15, 0.2) is 5.16 Å². The van der Waals surface area contributed by atoms with Gasteiger partial charge in [0.1, 0.15) is 11.0 Å². The summed E-state index contributed by atoms with van der Waals surface area (Å²) in [5.74, 6) is 1.29. The summed E-state index contributed by atoms with van der Waals surface area (Å²) >= 11 is 7.71. The standard InChI is InChI=1S/C25H26ClN5OS/c1-3-15-31(16-4-2)23-17-22(26)29-25(30-23)33-18-19-8-10-20(11-9-19)24(32)28-14-12-21-7-5-6-13-27-21/h3-11,13,17H,1-2,12,14-16,18H2,(H,28,32). The van der Waals surface area contributed by atoms with E-state index in [-0.39, 0.29) is 5.91 Å². The molecular formula is C25H26ClN5OS. The van der Waals surface area contributed by atoms with Crippen molar-refractivity contribution in [3.05, 3.63) is 102 Å². The quantitative estimate of drug-likeness (QED) is 0.171. The minimum atomic E-state index is -0.0996. The lowest BCUT2D eigenvalue weighted by atomic mass is 10.1. The molecule has 0 fully saturated rings. The van der Waals surface area contributed by atoms with Crippen molar-refractivity contribution in [3.63, 3.8) is 0 Å². The normalized spacial score (nSPS) is 10.5. The molecule has 0 atom stereocenters. The number of rotatable bonds is 12. The molecule has 0 aliphatic carbocycles. The first-order chi connectivity index (χ1) is 16.1. The van der Waals surface area contributed by atoms with E-state index < -0.39 is 0 Å². The first-order valence-corrected chi connectivity index (χ1v) is 11.9. The van der Waals surface area contributed by atoms with Crippen molar-refractivity contribution in [1.29, 1.82) is 0 Å². The number of anilines is 1. The van der Waals surface area contributed by atoms with Crippen molar-refractivity contribution in [2.24, 2.45) is 0 Å². The number of pyridine rings is 1. The second kappa shape index (κ2) is 12.8. The van der Waals surface area contributed by atoms with Crippen LogP contribution in [0.5, 0.6) is 0 Å². The predicted molar refractivity (Wildman–Crippen MR) is 136 cm³/mol. The number of carbonyl (C=O) groups is 1. The maximum absolute atomic E-state index is 12.4. The summed E-state index contributed by atoms with van der Waals surface area (Å²) in [5.41, 5.74) is 2.63. The first kappa shape index (κ1) is 24.5. The summed E-state index contributed by atoms with van der Waals surface area (Å²) in [7, 11) is 0. The Hall–Kier alpha value is -3.16. The van der Waals surface area contributed by atoms with Crippen molar-refractivity contribution in [2.45, 2.75) is 17.3 Å². The highest BCUT2D eigenvalue weighted by atomic mass is 35.5. The molecule has 0 saturated heterocycles. The SMILES string of the molecule is C=CCN(CC=C)c1cc(Cl)nc(SCc2ccc(C(=O)NCCc3ccccn3)cc2)n1. The molecule has 3 aromatic rings. The molecule has 0 bridgehead atoms. The molecule has 2 heterocycles. The van der Waals surface area contributed by atoms with Gasteiger partial charge in [-0.15, -0.1) is 13.2 Å². The monoisotopic (exact) mass is 479 g/mol. The fourth-order valence-corrected chi connectivity index (χ4v) is 4.07. The Morgan fingerprint density at radius 3 is 2.52 bits per heavy atom. The zero-order chi connectivity index (χ0) is 23.5. The van der Waals surface area contributed by atoms with Gasteiger partial charge in [-0.2, -0.15) is 0 Å². The van der Waals surface area contributed by atoms with Gasteiger partial charge in [0.2, 0.25) is 0 Å². The van der Waals surface area contributed by atoms with E-state index in [2.05, 4.69) is 33.4 Å². The topological polar surface area (TPSA) is 71.0 Å². The summed E-state index contributed by atoms with van der Waals surface area (Å²) in [6.07, 6.45) is 6.06. The van der Waals surface area contributed by atoms with Crippen LogP contribution in [0.25, 0.3) is 0 Å². The molecule has 0 radical (unpaired) electrons. The van der Waals surface area contributed by atoms with Gasteiger partial charge in [-0.25, -0.2) is 9.97 Å². The number of nitrogens with zero attached hydrogens (tertiary/aromatic N) is 4. The van der Waals surface area contributed by atoms with Gasteiger partial charge < -0.3 is 10.2 Å². The van der Waals surface area contributed by atoms with E-state index in [1.165, 1.54) is 11.8 Å². The van der Waals surface area contributed by atoms with Crippen LogP contribution in [0.3, 0.4) is 0 Å². The van der Waals surface area contributed by atoms with E-state index in [1.807, 2.05) is 59.5 Å². The molecule has 3 rings (SSSR count). The number of hydrogen-bond donors (Lipinski definition) is 1. The zero-order valence-electron chi connectivity index (χ0n) is 18.3. The van der Waals surface area contributed by atoms with Crippen molar-refractivity contribution in [2.75, 3.05) is 24.5 Å². The van der Waals surface area contributed by atoms with Crippen LogP contribution >= 0.6 is 23.4 Å². The number of benzene rings is 1. The van der Waals surface area contributed by atoms with E-state index in [4.69, 9.17) is 11.6 Å². The summed E-state index contributed by atoms with van der Waals surface area (Å²) < 4.78 is 0. The Morgan fingerprint density at radius 1 is 1.09 bits per heavy atom. The number of thioether (sulfide) groups is 1. The van der Waals surface area contributed by atoms with E-state index in [0.29, 0.717) is 47.7 Å². The number of hydrogen-bond acceptors (Lipinski definition) is 6. The minimum absolute atomic E-state index is 0.0996. The van der Waals surface area contributed by atoms with Crippen molar-refractivity contribution in [3.8, 4) is 0 Å². The van der Waals surface area contributed by atoms with E-state index in [1.54, 1.807) is 12.3 Å². The second-order valence-electron chi connectivity index (χ2n) is 7.13. The Kier molecular flexibility index (Phi) is 9.47. The Balaban J connectivity index is 1.55. The second-order valence-corrected chi connectivity index (χ2v) is 8.46. The molecule has 2 aromatic heterocycles. The molecule has 6 nitrogen and oxygen atoms in total. The van der Waals surface area contributed by atoms with Gasteiger partial charge in [-0.05, 0) is 29.8 Å². The lowest BCUT2D eigenvalue weighted by molar-refractivity contribution is 0.0954. The van der Waals surface area contributed by atoms with Crippen LogP contribution in [-0.4, -0.2) is 40.5 Å². The van der Waals surface area contributed by atoms with Crippen molar-refractivity contribution in [1.82, 2.24) is 20.3 Å². The smallest absolute Gasteiger partial charge is 0.251 e. The molecular weight excluding hydrogens is 454 g/mol. The van der Waals surface area contributed by atoms with Crippen LogP contribution in [0.2, 0.25) is 5.15 Å². The maximum atomic E-state index is 12.4. The average Bonchev–Trinajstić information content (AvgIpc) is 2.83. The number of amides is 1. The third-order valence-corrected chi connectivity index (χ3v) is 5.77. The van der Waals surface area contributed by atoms with Gasteiger partial charge in [0.05, 0.1) is 0 Å². The number of carbonyl (C=O) groups excluding carboxylic acids is 1. The minimum Gasteiger partial charge on any atom is -0.352 e. The van der Waals surface area contributed by atoms with Gasteiger partial charge in [0, 0.05) is 55.3 Å². The van der Waals surface area contributed by atoms with Crippen LogP contribution < -0.4 is 10.2 Å². The van der Waals surface area contributed by atoms with Gasteiger partial charge >= 0.3 is 0 Å². The van der Waals surface area contributed by atoms with E-state index >= 15 is 0 Å². The lowest BCUT2D eigenvalue weighted by Crippen LogP contribution is -2.25. The molecule has 0 unspecified atom stereocenters. The fourth-order valence-electron chi connectivity index (χ4n) is 3.04. The lowest BCUT2D eigenvalue weighted by Gasteiger charge is -2.20. The highest BCUT2D eigenvalue weighted by molar-refractivity contribution is 7.98. The zero-order valence-corrected chi connectivity index (χ0v) is 19.9. The number of halogens is 1. The molecule has 0 aliphatic rings. The van der Waals surface area contributed by atoms with Gasteiger partial charge in [-0.3, -0.25) is 9.78 Å². The van der Waals surface area contributed by atoms with Crippen molar-refractivity contribution < 1.29 is 4.79 Å². The van der Waals surface area contributed by atoms with Crippen molar-refractivity contribution >= 4 is 35.1 Å². The summed E-state index contributed by atoms with van der Waals surface area (Å²) in [5, 5.41) is 3.91. The Bertz CT molecular complexity index is 1070. The number of aromatic nitrogens is 3. The Labute approximate surface area is 203 Å². The largest absolute Gasteiger partial charge is 0.352 e. The highest BCUT2D eigenvalue weighted by Gasteiger charge is 2.11. The van der Waals surface area contributed by atoms with Crippen LogP contribution in [0.15, 0.2) is 85.2 Å². The fraction of sp³-hybridized carbons (Fsp3) is 0.200. The van der Waals surface area contributed by atoms with Gasteiger partial charge in [0.25, 0.3) is 5.91 Å². The average molecular weight is 480 g/mol. The molecule has 0 spiro atoms. The molecule has 33 heavy (non-hydrogen) atoms. The highest BCUT2D eigenvalue weighted by Crippen LogP contribution is 2.25. The molecule has 0 saturated carbocycles. The molecule has 0 aliphatic heterocycles. The molecule has 8 heteroatoms. The molecule has 170 valence electrons. The predicted octanol–water partition coefficient (Wildman–Crippen LogP) is 4.97.